The van der Waals surface area contributed by atoms with Crippen LogP contribution in [-0.4, -0.2) is 45.4 Å². The van der Waals surface area contributed by atoms with Crippen LogP contribution in [0.4, 0.5) is 0 Å². The minimum absolute atomic E-state index is 0.0644. The van der Waals surface area contributed by atoms with Gasteiger partial charge in [0.15, 0.2) is 5.78 Å². The van der Waals surface area contributed by atoms with Crippen molar-refractivity contribution in [2.75, 3.05) is 39.6 Å². The SMILES string of the molecule is CC(=O)c1cccc(COCCOCCOCCOPI)c1. The van der Waals surface area contributed by atoms with E-state index in [1.54, 1.807) is 13.0 Å². The molecule has 1 atom stereocenters. The van der Waals surface area contributed by atoms with Gasteiger partial charge in [0.2, 0.25) is 0 Å². The molecule has 0 saturated carbocycles. The molecule has 0 bridgehead atoms. The predicted molar refractivity (Wildman–Crippen MR) is 96.0 cm³/mol. The Bertz CT molecular complexity index is 430. The normalized spacial score (nSPS) is 11.4. The van der Waals surface area contributed by atoms with Crippen molar-refractivity contribution in [3.63, 3.8) is 0 Å². The van der Waals surface area contributed by atoms with Gasteiger partial charge in [0.25, 0.3) is 0 Å². The van der Waals surface area contributed by atoms with Crippen LogP contribution in [0.3, 0.4) is 0 Å². The van der Waals surface area contributed by atoms with Crippen LogP contribution in [0.2, 0.25) is 0 Å². The van der Waals surface area contributed by atoms with Crippen LogP contribution in [0, 0.1) is 0 Å². The molecule has 0 heterocycles. The molecule has 0 amide bonds. The molecule has 0 fully saturated rings. The first kappa shape index (κ1) is 19.9. The van der Waals surface area contributed by atoms with E-state index in [0.717, 1.165) is 5.56 Å². The van der Waals surface area contributed by atoms with Crippen LogP contribution in [0.1, 0.15) is 22.8 Å². The molecule has 1 aromatic rings. The van der Waals surface area contributed by atoms with E-state index in [0.29, 0.717) is 58.3 Å². The van der Waals surface area contributed by atoms with Crippen molar-refractivity contribution in [3.8, 4) is 0 Å². The van der Waals surface area contributed by atoms with Gasteiger partial charge in [-0.15, -0.1) is 0 Å². The molecule has 0 aliphatic heterocycles. The number of halogens is 1. The summed E-state index contributed by atoms with van der Waals surface area (Å²) in [6.07, 6.45) is 0. The summed E-state index contributed by atoms with van der Waals surface area (Å²) in [4.78, 5) is 11.3. The van der Waals surface area contributed by atoms with E-state index in [1.165, 1.54) is 0 Å². The summed E-state index contributed by atoms with van der Waals surface area (Å²) in [7, 11) is 0. The van der Waals surface area contributed by atoms with E-state index >= 15 is 0 Å². The molecular formula is C15H22IO5P. The molecule has 7 heteroatoms. The van der Waals surface area contributed by atoms with Gasteiger partial charge >= 0.3 is 0 Å². The number of ketones is 1. The van der Waals surface area contributed by atoms with E-state index in [1.807, 2.05) is 18.2 Å². The van der Waals surface area contributed by atoms with Gasteiger partial charge in [0.1, 0.15) is 0 Å². The lowest BCUT2D eigenvalue weighted by Crippen LogP contribution is -2.11. The van der Waals surface area contributed by atoms with Crippen LogP contribution in [0.15, 0.2) is 24.3 Å². The zero-order chi connectivity index (χ0) is 16.0. The third-order valence-electron chi connectivity index (χ3n) is 2.73. The maximum absolute atomic E-state index is 11.3. The van der Waals surface area contributed by atoms with Crippen LogP contribution in [-0.2, 0) is 25.3 Å². The van der Waals surface area contributed by atoms with Crippen molar-refractivity contribution in [2.24, 2.45) is 0 Å². The van der Waals surface area contributed by atoms with Crippen molar-refractivity contribution >= 4 is 34.3 Å². The van der Waals surface area contributed by atoms with Crippen LogP contribution in [0.5, 0.6) is 0 Å². The summed E-state index contributed by atoms with van der Waals surface area (Å²) in [5.41, 5.74) is 1.70. The van der Waals surface area contributed by atoms with Crippen molar-refractivity contribution in [2.45, 2.75) is 13.5 Å². The average molecular weight is 440 g/mol. The van der Waals surface area contributed by atoms with E-state index in [4.69, 9.17) is 18.7 Å². The van der Waals surface area contributed by atoms with Crippen molar-refractivity contribution < 1.29 is 23.5 Å². The molecule has 1 rings (SSSR count). The number of Topliss-reactive ketones (excluding diaryl/α,β-unsaturated/α-hetero) is 1. The van der Waals surface area contributed by atoms with Crippen molar-refractivity contribution in [3.05, 3.63) is 35.4 Å². The Morgan fingerprint density at radius 1 is 1.05 bits per heavy atom. The monoisotopic (exact) mass is 440 g/mol. The van der Waals surface area contributed by atoms with Gasteiger partial charge in [-0.1, -0.05) is 18.2 Å². The lowest BCUT2D eigenvalue weighted by molar-refractivity contribution is 0.00678. The second kappa shape index (κ2) is 13.3. The number of rotatable bonds is 13. The third-order valence-corrected chi connectivity index (χ3v) is 3.98. The Kier molecular flexibility index (Phi) is 12.1. The Labute approximate surface area is 146 Å². The Morgan fingerprint density at radius 3 is 2.32 bits per heavy atom. The standard InChI is InChI=1S/C15H22IO5P/c1-13(17)15-4-2-3-14(11-15)12-20-8-7-18-5-6-19-9-10-21-22-16/h2-4,11,22H,5-10,12H2,1H3. The van der Waals surface area contributed by atoms with Crippen LogP contribution < -0.4 is 0 Å². The molecule has 0 N–H and O–H groups in total. The number of ether oxygens (including phenoxy) is 3. The van der Waals surface area contributed by atoms with Gasteiger partial charge in [-0.2, -0.15) is 0 Å². The van der Waals surface area contributed by atoms with E-state index < -0.39 is 0 Å². The molecule has 0 spiro atoms. The van der Waals surface area contributed by atoms with Gasteiger partial charge in [0.05, 0.1) is 52.7 Å². The van der Waals surface area contributed by atoms with Gasteiger partial charge in [-0.3, -0.25) is 4.79 Å². The van der Waals surface area contributed by atoms with Crippen LogP contribution >= 0.6 is 28.5 Å². The number of carbonyl (C=O) groups is 1. The summed E-state index contributed by atoms with van der Waals surface area (Å²) in [5.74, 6) is 0.0644. The highest BCUT2D eigenvalue weighted by molar-refractivity contribution is 14.2. The van der Waals surface area contributed by atoms with Crippen molar-refractivity contribution in [1.29, 1.82) is 0 Å². The molecule has 0 aliphatic carbocycles. The summed E-state index contributed by atoms with van der Waals surface area (Å²) < 4.78 is 21.4. The summed E-state index contributed by atoms with van der Waals surface area (Å²) in [5, 5.41) is 0. The molecule has 0 radical (unpaired) electrons. The molecule has 5 nitrogen and oxygen atoms in total. The first-order valence-electron chi connectivity index (χ1n) is 7.04. The van der Waals surface area contributed by atoms with E-state index in [2.05, 4.69) is 22.0 Å². The number of carbonyl (C=O) groups excluding carboxylic acids is 1. The first-order valence-corrected chi connectivity index (χ1v) is 11.1. The van der Waals surface area contributed by atoms with Crippen molar-refractivity contribution in [1.82, 2.24) is 0 Å². The summed E-state index contributed by atoms with van der Waals surface area (Å²) in [6.45, 7) is 5.91. The number of hydrogen-bond donors (Lipinski definition) is 0. The second-order valence-electron chi connectivity index (χ2n) is 4.46. The van der Waals surface area contributed by atoms with Gasteiger partial charge in [0, 0.05) is 5.56 Å². The molecule has 124 valence electrons. The lowest BCUT2D eigenvalue weighted by Gasteiger charge is -2.07. The van der Waals surface area contributed by atoms with E-state index in [-0.39, 0.29) is 5.78 Å². The fourth-order valence-corrected chi connectivity index (χ4v) is 2.47. The molecule has 0 saturated heterocycles. The molecule has 1 aromatic carbocycles. The fraction of sp³-hybridized carbons (Fsp3) is 0.533. The van der Waals surface area contributed by atoms with Gasteiger partial charge < -0.3 is 18.7 Å². The highest BCUT2D eigenvalue weighted by Crippen LogP contribution is 2.20. The lowest BCUT2D eigenvalue weighted by atomic mass is 10.1. The first-order chi connectivity index (χ1) is 10.7. The topological polar surface area (TPSA) is 54.0 Å². The predicted octanol–water partition coefficient (Wildman–Crippen LogP) is 3.40. The Morgan fingerprint density at radius 2 is 1.68 bits per heavy atom. The maximum Gasteiger partial charge on any atom is 0.159 e. The minimum atomic E-state index is 0.0644. The third kappa shape index (κ3) is 9.82. The van der Waals surface area contributed by atoms with Gasteiger partial charge in [-0.25, -0.2) is 0 Å². The summed E-state index contributed by atoms with van der Waals surface area (Å²) in [6, 6.07) is 7.47. The average Bonchev–Trinajstić information content (AvgIpc) is 2.53. The highest BCUT2D eigenvalue weighted by Gasteiger charge is 2.00. The number of hydrogen-bond acceptors (Lipinski definition) is 5. The molecule has 22 heavy (non-hydrogen) atoms. The highest BCUT2D eigenvalue weighted by atomic mass is 127. The van der Waals surface area contributed by atoms with E-state index in [9.17, 15) is 4.79 Å². The molecule has 0 aliphatic rings. The number of benzene rings is 1. The largest absolute Gasteiger partial charge is 0.377 e. The quantitative estimate of drug-likeness (QED) is 0.204. The zero-order valence-electron chi connectivity index (χ0n) is 12.7. The second-order valence-corrected chi connectivity index (χ2v) is 6.22. The fourth-order valence-electron chi connectivity index (χ4n) is 1.65. The Balaban J connectivity index is 1.97. The van der Waals surface area contributed by atoms with Crippen LogP contribution in [0.25, 0.3) is 0 Å². The Hall–Kier alpha value is -0.110. The smallest absolute Gasteiger partial charge is 0.159 e. The summed E-state index contributed by atoms with van der Waals surface area (Å²) >= 11 is 2.18. The zero-order valence-corrected chi connectivity index (χ0v) is 15.8. The maximum atomic E-state index is 11.3. The molecule has 0 aromatic heterocycles. The minimum Gasteiger partial charge on any atom is -0.377 e. The molecule has 1 unspecified atom stereocenters. The molecular weight excluding hydrogens is 418 g/mol. The van der Waals surface area contributed by atoms with Gasteiger partial charge in [-0.05, 0) is 40.6 Å².